The zero-order valence-electron chi connectivity index (χ0n) is 10.4. The molecule has 100 valence electrons. The van der Waals surface area contributed by atoms with Gasteiger partial charge in [-0.15, -0.1) is 0 Å². The van der Waals surface area contributed by atoms with Crippen molar-refractivity contribution in [3.63, 3.8) is 0 Å². The van der Waals surface area contributed by atoms with E-state index in [1.165, 1.54) is 0 Å². The SMILES string of the molecule is CN(Cc1ccccc1Br)C(=O)CSCCCO. The standard InChI is InChI=1S/C13H18BrNO2S/c1-15(13(17)10-18-8-4-7-16)9-11-5-2-3-6-12(11)14/h2-3,5-6,16H,4,7-10H2,1H3. The van der Waals surface area contributed by atoms with Crippen molar-refractivity contribution in [3.05, 3.63) is 34.3 Å². The summed E-state index contributed by atoms with van der Waals surface area (Å²) in [6, 6.07) is 7.91. The molecule has 0 aromatic heterocycles. The van der Waals surface area contributed by atoms with E-state index in [0.717, 1.165) is 22.2 Å². The molecule has 1 aromatic rings. The summed E-state index contributed by atoms with van der Waals surface area (Å²) in [5, 5.41) is 8.65. The van der Waals surface area contributed by atoms with Crippen LogP contribution in [-0.4, -0.2) is 41.1 Å². The Morgan fingerprint density at radius 1 is 1.44 bits per heavy atom. The Morgan fingerprint density at radius 3 is 2.83 bits per heavy atom. The Balaban J connectivity index is 2.38. The van der Waals surface area contributed by atoms with Gasteiger partial charge in [0.05, 0.1) is 5.75 Å². The minimum absolute atomic E-state index is 0.119. The number of hydrogen-bond acceptors (Lipinski definition) is 3. The zero-order chi connectivity index (χ0) is 13.4. The predicted octanol–water partition coefficient (Wildman–Crippen LogP) is 2.52. The fraction of sp³-hybridized carbons (Fsp3) is 0.462. The van der Waals surface area contributed by atoms with E-state index >= 15 is 0 Å². The maximum Gasteiger partial charge on any atom is 0.232 e. The van der Waals surface area contributed by atoms with Gasteiger partial charge in [0.1, 0.15) is 0 Å². The summed E-state index contributed by atoms with van der Waals surface area (Å²) in [4.78, 5) is 13.6. The fourth-order valence-electron chi connectivity index (χ4n) is 1.41. The van der Waals surface area contributed by atoms with Crippen molar-refractivity contribution in [3.8, 4) is 0 Å². The van der Waals surface area contributed by atoms with Gasteiger partial charge in [0.2, 0.25) is 5.91 Å². The summed E-state index contributed by atoms with van der Waals surface area (Å²) in [5.41, 5.74) is 1.11. The number of aliphatic hydroxyl groups is 1. The monoisotopic (exact) mass is 331 g/mol. The number of thioether (sulfide) groups is 1. The first-order chi connectivity index (χ1) is 8.65. The van der Waals surface area contributed by atoms with E-state index in [1.807, 2.05) is 31.3 Å². The third-order valence-electron chi connectivity index (χ3n) is 2.46. The van der Waals surface area contributed by atoms with Gasteiger partial charge in [-0.1, -0.05) is 34.1 Å². The molecule has 0 unspecified atom stereocenters. The van der Waals surface area contributed by atoms with Crippen LogP contribution in [0.15, 0.2) is 28.7 Å². The summed E-state index contributed by atoms with van der Waals surface area (Å²) in [7, 11) is 1.81. The Hall–Kier alpha value is -0.520. The topological polar surface area (TPSA) is 40.5 Å². The van der Waals surface area contributed by atoms with Crippen LogP contribution >= 0.6 is 27.7 Å². The number of aliphatic hydroxyl groups excluding tert-OH is 1. The van der Waals surface area contributed by atoms with E-state index in [2.05, 4.69) is 15.9 Å². The minimum atomic E-state index is 0.119. The molecule has 1 rings (SSSR count). The van der Waals surface area contributed by atoms with Crippen LogP contribution in [0.4, 0.5) is 0 Å². The minimum Gasteiger partial charge on any atom is -0.396 e. The van der Waals surface area contributed by atoms with Crippen LogP contribution < -0.4 is 0 Å². The lowest BCUT2D eigenvalue weighted by atomic mass is 10.2. The third-order valence-corrected chi connectivity index (χ3v) is 4.27. The normalized spacial score (nSPS) is 10.4. The lowest BCUT2D eigenvalue weighted by Crippen LogP contribution is -2.28. The van der Waals surface area contributed by atoms with Crippen LogP contribution in [0.3, 0.4) is 0 Å². The number of nitrogens with zero attached hydrogens (tertiary/aromatic N) is 1. The molecule has 5 heteroatoms. The first kappa shape index (κ1) is 15.5. The third kappa shape index (κ3) is 5.42. The summed E-state index contributed by atoms with van der Waals surface area (Å²) in [5.74, 6) is 1.42. The smallest absolute Gasteiger partial charge is 0.232 e. The highest BCUT2D eigenvalue weighted by Crippen LogP contribution is 2.17. The van der Waals surface area contributed by atoms with E-state index in [1.54, 1.807) is 16.7 Å². The number of carbonyl (C=O) groups is 1. The molecule has 0 radical (unpaired) electrons. The molecule has 18 heavy (non-hydrogen) atoms. The maximum atomic E-state index is 11.8. The molecule has 0 spiro atoms. The van der Waals surface area contributed by atoms with Crippen LogP contribution in [-0.2, 0) is 11.3 Å². The Labute approximate surface area is 121 Å². The Kier molecular flexibility index (Phi) is 7.39. The quantitative estimate of drug-likeness (QED) is 0.780. The first-order valence-electron chi connectivity index (χ1n) is 5.81. The average Bonchev–Trinajstić information content (AvgIpc) is 2.37. The number of benzene rings is 1. The summed E-state index contributed by atoms with van der Waals surface area (Å²) < 4.78 is 1.03. The second-order valence-corrected chi connectivity index (χ2v) is 5.93. The Morgan fingerprint density at radius 2 is 2.17 bits per heavy atom. The van der Waals surface area contributed by atoms with Crippen LogP contribution in [0.2, 0.25) is 0 Å². The van der Waals surface area contributed by atoms with E-state index in [4.69, 9.17) is 5.11 Å². The number of hydrogen-bond donors (Lipinski definition) is 1. The molecule has 0 bridgehead atoms. The van der Waals surface area contributed by atoms with Gasteiger partial charge in [-0.3, -0.25) is 4.79 Å². The molecule has 0 heterocycles. The van der Waals surface area contributed by atoms with E-state index in [-0.39, 0.29) is 12.5 Å². The first-order valence-corrected chi connectivity index (χ1v) is 7.76. The molecule has 0 saturated heterocycles. The van der Waals surface area contributed by atoms with E-state index in [0.29, 0.717) is 12.3 Å². The van der Waals surface area contributed by atoms with E-state index in [9.17, 15) is 4.79 Å². The van der Waals surface area contributed by atoms with Gasteiger partial charge in [0, 0.05) is 24.7 Å². The summed E-state index contributed by atoms with van der Waals surface area (Å²) in [6.07, 6.45) is 0.742. The van der Waals surface area contributed by atoms with Crippen LogP contribution in [0, 0.1) is 0 Å². The van der Waals surface area contributed by atoms with Crippen molar-refractivity contribution in [1.82, 2.24) is 4.90 Å². The van der Waals surface area contributed by atoms with Crippen molar-refractivity contribution in [1.29, 1.82) is 0 Å². The van der Waals surface area contributed by atoms with Gasteiger partial charge in [-0.25, -0.2) is 0 Å². The highest BCUT2D eigenvalue weighted by molar-refractivity contribution is 9.10. The maximum absolute atomic E-state index is 11.8. The van der Waals surface area contributed by atoms with Crippen molar-refractivity contribution >= 4 is 33.6 Å². The van der Waals surface area contributed by atoms with Crippen molar-refractivity contribution in [2.75, 3.05) is 25.2 Å². The summed E-state index contributed by atoms with van der Waals surface area (Å²) >= 11 is 5.04. The molecular formula is C13H18BrNO2S. The molecule has 0 saturated carbocycles. The molecule has 1 N–H and O–H groups in total. The molecule has 3 nitrogen and oxygen atoms in total. The van der Waals surface area contributed by atoms with Crippen LogP contribution in [0.1, 0.15) is 12.0 Å². The van der Waals surface area contributed by atoms with Crippen molar-refractivity contribution < 1.29 is 9.90 Å². The lowest BCUT2D eigenvalue weighted by Gasteiger charge is -2.17. The van der Waals surface area contributed by atoms with Gasteiger partial charge >= 0.3 is 0 Å². The molecule has 0 fully saturated rings. The molecule has 1 amide bonds. The largest absolute Gasteiger partial charge is 0.396 e. The van der Waals surface area contributed by atoms with Crippen LogP contribution in [0.25, 0.3) is 0 Å². The number of rotatable bonds is 7. The molecule has 0 atom stereocenters. The molecule has 0 aliphatic heterocycles. The second kappa shape index (κ2) is 8.56. The lowest BCUT2D eigenvalue weighted by molar-refractivity contribution is -0.127. The van der Waals surface area contributed by atoms with Crippen molar-refractivity contribution in [2.24, 2.45) is 0 Å². The average molecular weight is 332 g/mol. The number of carbonyl (C=O) groups excluding carboxylic acids is 1. The molecule has 1 aromatic carbocycles. The molecule has 0 aliphatic carbocycles. The van der Waals surface area contributed by atoms with Gasteiger partial charge in [0.15, 0.2) is 0 Å². The summed E-state index contributed by atoms with van der Waals surface area (Å²) in [6.45, 7) is 0.800. The highest BCUT2D eigenvalue weighted by atomic mass is 79.9. The number of halogens is 1. The number of amides is 1. The van der Waals surface area contributed by atoms with Crippen molar-refractivity contribution in [2.45, 2.75) is 13.0 Å². The fourth-order valence-corrected chi connectivity index (χ4v) is 2.69. The van der Waals surface area contributed by atoms with Gasteiger partial charge in [0.25, 0.3) is 0 Å². The second-order valence-electron chi connectivity index (χ2n) is 3.97. The molecular weight excluding hydrogens is 314 g/mol. The van der Waals surface area contributed by atoms with E-state index < -0.39 is 0 Å². The van der Waals surface area contributed by atoms with Crippen LogP contribution in [0.5, 0.6) is 0 Å². The van der Waals surface area contributed by atoms with Gasteiger partial charge < -0.3 is 10.0 Å². The van der Waals surface area contributed by atoms with Gasteiger partial charge in [-0.05, 0) is 23.8 Å². The predicted molar refractivity (Wildman–Crippen MR) is 79.6 cm³/mol. The molecule has 0 aliphatic rings. The highest BCUT2D eigenvalue weighted by Gasteiger charge is 2.10. The zero-order valence-corrected chi connectivity index (χ0v) is 12.8. The van der Waals surface area contributed by atoms with Gasteiger partial charge in [-0.2, -0.15) is 11.8 Å². The Bertz CT molecular complexity index is 387.